The topological polar surface area (TPSA) is 46.2 Å². The molecule has 0 saturated carbocycles. The second-order valence-corrected chi connectivity index (χ2v) is 4.77. The monoisotopic (exact) mass is 245 g/mol. The Bertz CT molecular complexity index is 534. The molecule has 0 spiro atoms. The Kier molecular flexibility index (Phi) is 3.34. The van der Waals surface area contributed by atoms with E-state index in [0.717, 1.165) is 11.1 Å². The van der Waals surface area contributed by atoms with Crippen molar-refractivity contribution in [3.63, 3.8) is 0 Å². The van der Waals surface area contributed by atoms with Crippen LogP contribution in [0, 0.1) is 5.82 Å². The highest BCUT2D eigenvalue weighted by Crippen LogP contribution is 2.24. The van der Waals surface area contributed by atoms with Crippen LogP contribution in [0.25, 0.3) is 0 Å². The van der Waals surface area contributed by atoms with Crippen molar-refractivity contribution in [1.82, 2.24) is 0 Å². The molecule has 0 heterocycles. The van der Waals surface area contributed by atoms with Crippen molar-refractivity contribution in [1.29, 1.82) is 0 Å². The number of phenols is 1. The maximum atomic E-state index is 12.9. The van der Waals surface area contributed by atoms with E-state index in [1.165, 1.54) is 12.1 Å². The Morgan fingerprint density at radius 1 is 1.17 bits per heavy atom. The summed E-state index contributed by atoms with van der Waals surface area (Å²) < 4.78 is 12.9. The summed E-state index contributed by atoms with van der Waals surface area (Å²) in [7, 11) is 0. The molecular formula is C15H16FNO. The smallest absolute Gasteiger partial charge is 0.123 e. The SMILES string of the molecule is CC(N)(Cc1cccc(O)c1)c1ccc(F)cc1. The molecule has 2 rings (SSSR count). The molecule has 1 atom stereocenters. The number of benzene rings is 2. The van der Waals surface area contributed by atoms with Crippen molar-refractivity contribution in [2.24, 2.45) is 5.73 Å². The van der Waals surface area contributed by atoms with Crippen molar-refractivity contribution in [3.05, 3.63) is 65.5 Å². The van der Waals surface area contributed by atoms with E-state index in [1.54, 1.807) is 30.3 Å². The largest absolute Gasteiger partial charge is 0.508 e. The molecule has 18 heavy (non-hydrogen) atoms. The van der Waals surface area contributed by atoms with Crippen molar-refractivity contribution >= 4 is 0 Å². The number of halogens is 1. The first kappa shape index (κ1) is 12.6. The van der Waals surface area contributed by atoms with Gasteiger partial charge in [0.25, 0.3) is 0 Å². The summed E-state index contributed by atoms with van der Waals surface area (Å²) in [6.45, 7) is 1.89. The minimum absolute atomic E-state index is 0.224. The van der Waals surface area contributed by atoms with Gasteiger partial charge in [-0.05, 0) is 48.7 Å². The van der Waals surface area contributed by atoms with Gasteiger partial charge in [-0.2, -0.15) is 0 Å². The van der Waals surface area contributed by atoms with Gasteiger partial charge in [0.15, 0.2) is 0 Å². The number of hydrogen-bond donors (Lipinski definition) is 2. The van der Waals surface area contributed by atoms with Crippen molar-refractivity contribution < 1.29 is 9.50 Å². The summed E-state index contributed by atoms with van der Waals surface area (Å²) in [5, 5.41) is 9.43. The van der Waals surface area contributed by atoms with Crippen LogP contribution in [-0.2, 0) is 12.0 Å². The summed E-state index contributed by atoms with van der Waals surface area (Å²) in [5.41, 5.74) is 7.49. The van der Waals surface area contributed by atoms with Gasteiger partial charge in [-0.25, -0.2) is 4.39 Å². The quantitative estimate of drug-likeness (QED) is 0.873. The van der Waals surface area contributed by atoms with Gasteiger partial charge in [0.1, 0.15) is 11.6 Å². The first-order chi connectivity index (χ1) is 8.47. The summed E-state index contributed by atoms with van der Waals surface area (Å²) >= 11 is 0. The summed E-state index contributed by atoms with van der Waals surface area (Å²) in [5.74, 6) is -0.0469. The number of nitrogens with two attached hydrogens (primary N) is 1. The van der Waals surface area contributed by atoms with Crippen LogP contribution >= 0.6 is 0 Å². The van der Waals surface area contributed by atoms with E-state index >= 15 is 0 Å². The molecule has 0 radical (unpaired) electrons. The lowest BCUT2D eigenvalue weighted by Crippen LogP contribution is -2.35. The van der Waals surface area contributed by atoms with Crippen LogP contribution in [0.4, 0.5) is 4.39 Å². The Morgan fingerprint density at radius 2 is 1.83 bits per heavy atom. The molecule has 0 aliphatic heterocycles. The van der Waals surface area contributed by atoms with E-state index in [1.807, 2.05) is 13.0 Å². The van der Waals surface area contributed by atoms with Gasteiger partial charge < -0.3 is 10.8 Å². The molecule has 0 aliphatic carbocycles. The average Bonchev–Trinajstić information content (AvgIpc) is 2.29. The lowest BCUT2D eigenvalue weighted by molar-refractivity contribution is 0.467. The van der Waals surface area contributed by atoms with E-state index in [2.05, 4.69) is 0 Å². The van der Waals surface area contributed by atoms with Gasteiger partial charge in [-0.15, -0.1) is 0 Å². The second-order valence-electron chi connectivity index (χ2n) is 4.77. The third-order valence-electron chi connectivity index (χ3n) is 2.99. The number of aromatic hydroxyl groups is 1. The molecular weight excluding hydrogens is 229 g/mol. The minimum atomic E-state index is -0.596. The normalized spacial score (nSPS) is 14.2. The van der Waals surface area contributed by atoms with Gasteiger partial charge in [0, 0.05) is 5.54 Å². The fourth-order valence-corrected chi connectivity index (χ4v) is 2.02. The summed E-state index contributed by atoms with van der Waals surface area (Å²) in [4.78, 5) is 0. The third kappa shape index (κ3) is 2.87. The van der Waals surface area contributed by atoms with Crippen molar-refractivity contribution in [2.75, 3.05) is 0 Å². The maximum Gasteiger partial charge on any atom is 0.123 e. The zero-order valence-corrected chi connectivity index (χ0v) is 10.2. The zero-order valence-electron chi connectivity index (χ0n) is 10.2. The van der Waals surface area contributed by atoms with E-state index < -0.39 is 5.54 Å². The number of phenolic OH excluding ortho intramolecular Hbond substituents is 1. The Hall–Kier alpha value is -1.87. The highest BCUT2D eigenvalue weighted by molar-refractivity contribution is 5.31. The molecule has 0 saturated heterocycles. The highest BCUT2D eigenvalue weighted by Gasteiger charge is 2.21. The molecule has 0 bridgehead atoms. The number of hydrogen-bond acceptors (Lipinski definition) is 2. The predicted molar refractivity (Wildman–Crippen MR) is 69.8 cm³/mol. The molecule has 0 amide bonds. The molecule has 0 fully saturated rings. The van der Waals surface area contributed by atoms with Gasteiger partial charge >= 0.3 is 0 Å². The van der Waals surface area contributed by atoms with Crippen LogP contribution in [0.3, 0.4) is 0 Å². The Labute approximate surface area is 106 Å². The molecule has 2 aromatic carbocycles. The van der Waals surface area contributed by atoms with E-state index in [4.69, 9.17) is 5.73 Å². The minimum Gasteiger partial charge on any atom is -0.508 e. The van der Waals surface area contributed by atoms with Crippen LogP contribution in [0.5, 0.6) is 5.75 Å². The highest BCUT2D eigenvalue weighted by atomic mass is 19.1. The Balaban J connectivity index is 2.23. The van der Waals surface area contributed by atoms with Crippen molar-refractivity contribution in [2.45, 2.75) is 18.9 Å². The van der Waals surface area contributed by atoms with E-state index in [0.29, 0.717) is 6.42 Å². The maximum absolute atomic E-state index is 12.9. The second kappa shape index (κ2) is 4.78. The summed E-state index contributed by atoms with van der Waals surface area (Å²) in [6.07, 6.45) is 0.576. The fraction of sp³-hybridized carbons (Fsp3) is 0.200. The average molecular weight is 245 g/mol. The molecule has 3 N–H and O–H groups in total. The molecule has 3 heteroatoms. The van der Waals surface area contributed by atoms with Gasteiger partial charge in [0.05, 0.1) is 0 Å². The molecule has 1 unspecified atom stereocenters. The molecule has 94 valence electrons. The first-order valence-electron chi connectivity index (χ1n) is 5.80. The lowest BCUT2D eigenvalue weighted by Gasteiger charge is -2.25. The van der Waals surface area contributed by atoms with E-state index in [-0.39, 0.29) is 11.6 Å². The lowest BCUT2D eigenvalue weighted by atomic mass is 9.86. The van der Waals surface area contributed by atoms with Crippen LogP contribution in [-0.4, -0.2) is 5.11 Å². The van der Waals surface area contributed by atoms with Crippen LogP contribution in [0.15, 0.2) is 48.5 Å². The van der Waals surface area contributed by atoms with Gasteiger partial charge in [0.2, 0.25) is 0 Å². The molecule has 0 aromatic heterocycles. The van der Waals surface area contributed by atoms with Crippen LogP contribution < -0.4 is 5.73 Å². The summed E-state index contributed by atoms with van der Waals surface area (Å²) in [6, 6.07) is 13.2. The van der Waals surface area contributed by atoms with Gasteiger partial charge in [-0.3, -0.25) is 0 Å². The zero-order chi connectivity index (χ0) is 13.2. The number of rotatable bonds is 3. The predicted octanol–water partition coefficient (Wildman–Crippen LogP) is 2.95. The van der Waals surface area contributed by atoms with E-state index in [9.17, 15) is 9.50 Å². The third-order valence-corrected chi connectivity index (χ3v) is 2.99. The standard InChI is InChI=1S/C15H16FNO/c1-15(17,12-5-7-13(16)8-6-12)10-11-3-2-4-14(18)9-11/h2-9,18H,10,17H2,1H3. The Morgan fingerprint density at radius 3 is 2.44 bits per heavy atom. The fourth-order valence-electron chi connectivity index (χ4n) is 2.02. The molecule has 0 aliphatic rings. The van der Waals surface area contributed by atoms with Gasteiger partial charge in [-0.1, -0.05) is 24.3 Å². The first-order valence-corrected chi connectivity index (χ1v) is 5.80. The molecule has 2 nitrogen and oxygen atoms in total. The molecule has 2 aromatic rings. The van der Waals surface area contributed by atoms with Crippen LogP contribution in [0.2, 0.25) is 0 Å². The van der Waals surface area contributed by atoms with Crippen molar-refractivity contribution in [3.8, 4) is 5.75 Å². The van der Waals surface area contributed by atoms with Crippen LogP contribution in [0.1, 0.15) is 18.1 Å².